The van der Waals surface area contributed by atoms with Crippen molar-refractivity contribution in [3.63, 3.8) is 0 Å². The molecule has 0 aliphatic carbocycles. The first-order valence-electron chi connectivity index (χ1n) is 3.19. The lowest BCUT2D eigenvalue weighted by Crippen LogP contribution is -2.04. The van der Waals surface area contributed by atoms with E-state index >= 15 is 0 Å². The fourth-order valence-corrected chi connectivity index (χ4v) is 2.09. The zero-order valence-corrected chi connectivity index (χ0v) is 9.72. The Morgan fingerprint density at radius 3 is 2.69 bits per heavy atom. The van der Waals surface area contributed by atoms with E-state index in [4.69, 9.17) is 9.84 Å². The molecule has 0 aromatic carbocycles. The van der Waals surface area contributed by atoms with Crippen LogP contribution in [0.5, 0.6) is 5.75 Å². The van der Waals surface area contributed by atoms with Gasteiger partial charge in [-0.1, -0.05) is 0 Å². The molecule has 0 radical (unpaired) electrons. The van der Waals surface area contributed by atoms with Crippen molar-refractivity contribution in [3.05, 3.63) is 20.8 Å². The standard InChI is InChI=1S/C7H5Br2NO3/c1-13-6-3(8)2-4(9)10-5(6)7(11)12/h2H,1H3,(H,11,12). The number of pyridine rings is 1. The molecule has 0 saturated carbocycles. The Morgan fingerprint density at radius 1 is 1.62 bits per heavy atom. The summed E-state index contributed by atoms with van der Waals surface area (Å²) in [5.41, 5.74) is -0.122. The number of methoxy groups -OCH3 is 1. The molecule has 1 rings (SSSR count). The first-order valence-corrected chi connectivity index (χ1v) is 4.78. The third kappa shape index (κ3) is 2.19. The van der Waals surface area contributed by atoms with Gasteiger partial charge >= 0.3 is 5.97 Å². The molecule has 0 aliphatic rings. The summed E-state index contributed by atoms with van der Waals surface area (Å²) in [7, 11) is 1.39. The van der Waals surface area contributed by atoms with E-state index in [2.05, 4.69) is 36.8 Å². The van der Waals surface area contributed by atoms with Crippen molar-refractivity contribution in [2.24, 2.45) is 0 Å². The minimum Gasteiger partial charge on any atom is -0.493 e. The van der Waals surface area contributed by atoms with Gasteiger partial charge in [0.05, 0.1) is 11.6 Å². The number of ether oxygens (including phenoxy) is 1. The average Bonchev–Trinajstić information content (AvgIpc) is 2.02. The highest BCUT2D eigenvalue weighted by molar-refractivity contribution is 9.11. The zero-order valence-electron chi connectivity index (χ0n) is 6.54. The molecule has 4 nitrogen and oxygen atoms in total. The van der Waals surface area contributed by atoms with E-state index in [-0.39, 0.29) is 11.4 Å². The lowest BCUT2D eigenvalue weighted by atomic mass is 10.3. The zero-order chi connectivity index (χ0) is 10.0. The van der Waals surface area contributed by atoms with Gasteiger partial charge in [0.15, 0.2) is 11.4 Å². The Balaban J connectivity index is 3.38. The first-order chi connectivity index (χ1) is 6.06. The lowest BCUT2D eigenvalue weighted by Gasteiger charge is -2.06. The summed E-state index contributed by atoms with van der Waals surface area (Å²) in [4.78, 5) is 14.5. The summed E-state index contributed by atoms with van der Waals surface area (Å²) in [5.74, 6) is -0.908. The topological polar surface area (TPSA) is 59.4 Å². The maximum Gasteiger partial charge on any atom is 0.358 e. The van der Waals surface area contributed by atoms with Gasteiger partial charge in [0, 0.05) is 0 Å². The molecular formula is C7H5Br2NO3. The molecule has 0 bridgehead atoms. The van der Waals surface area contributed by atoms with Gasteiger partial charge < -0.3 is 9.84 Å². The van der Waals surface area contributed by atoms with E-state index in [1.54, 1.807) is 6.07 Å². The predicted octanol–water partition coefficient (Wildman–Crippen LogP) is 2.31. The number of carbonyl (C=O) groups is 1. The van der Waals surface area contributed by atoms with Crippen LogP contribution in [0, 0.1) is 0 Å². The van der Waals surface area contributed by atoms with Crippen molar-refractivity contribution < 1.29 is 14.6 Å². The van der Waals surface area contributed by atoms with Crippen molar-refractivity contribution in [1.29, 1.82) is 0 Å². The van der Waals surface area contributed by atoms with Crippen LogP contribution in [0.4, 0.5) is 0 Å². The van der Waals surface area contributed by atoms with Gasteiger partial charge in [-0.25, -0.2) is 9.78 Å². The SMILES string of the molecule is COc1c(Br)cc(Br)nc1C(=O)O. The number of carboxylic acids is 1. The molecule has 1 heterocycles. The van der Waals surface area contributed by atoms with Gasteiger partial charge in [0.1, 0.15) is 4.60 Å². The number of carboxylic acid groups (broad SMARTS) is 1. The third-order valence-corrected chi connectivity index (χ3v) is 2.30. The van der Waals surface area contributed by atoms with E-state index in [9.17, 15) is 4.79 Å². The van der Waals surface area contributed by atoms with Crippen LogP contribution >= 0.6 is 31.9 Å². The van der Waals surface area contributed by atoms with E-state index in [0.717, 1.165) is 0 Å². The predicted molar refractivity (Wildman–Crippen MR) is 53.1 cm³/mol. The van der Waals surface area contributed by atoms with Crippen LogP contribution in [0.15, 0.2) is 15.1 Å². The van der Waals surface area contributed by atoms with Gasteiger partial charge in [-0.2, -0.15) is 0 Å². The van der Waals surface area contributed by atoms with Crippen LogP contribution in [-0.4, -0.2) is 23.2 Å². The monoisotopic (exact) mass is 309 g/mol. The number of aromatic carboxylic acids is 1. The third-order valence-electron chi connectivity index (χ3n) is 1.30. The maximum absolute atomic E-state index is 10.7. The summed E-state index contributed by atoms with van der Waals surface area (Å²) in [6.45, 7) is 0. The van der Waals surface area contributed by atoms with Crippen LogP contribution < -0.4 is 4.74 Å². The largest absolute Gasteiger partial charge is 0.493 e. The summed E-state index contributed by atoms with van der Waals surface area (Å²) in [6, 6.07) is 1.62. The minimum atomic E-state index is -1.13. The van der Waals surface area contributed by atoms with Crippen LogP contribution in [0.25, 0.3) is 0 Å². The van der Waals surface area contributed by atoms with Crippen LogP contribution in [0.1, 0.15) is 10.5 Å². The van der Waals surface area contributed by atoms with Crippen molar-refractivity contribution >= 4 is 37.8 Å². The van der Waals surface area contributed by atoms with E-state index in [1.165, 1.54) is 7.11 Å². The number of hydrogen-bond acceptors (Lipinski definition) is 3. The number of nitrogens with zero attached hydrogens (tertiary/aromatic N) is 1. The Kier molecular flexibility index (Phi) is 3.27. The number of aromatic nitrogens is 1. The van der Waals surface area contributed by atoms with Crippen molar-refractivity contribution in [2.75, 3.05) is 7.11 Å². The van der Waals surface area contributed by atoms with Crippen LogP contribution in [0.3, 0.4) is 0 Å². The molecule has 70 valence electrons. The molecule has 0 saturated heterocycles. The van der Waals surface area contributed by atoms with Gasteiger partial charge in [-0.15, -0.1) is 0 Å². The van der Waals surface area contributed by atoms with E-state index < -0.39 is 5.97 Å². The molecule has 0 aliphatic heterocycles. The second-order valence-corrected chi connectivity index (χ2v) is 3.78. The summed E-state index contributed by atoms with van der Waals surface area (Å²) in [5, 5.41) is 8.76. The number of hydrogen-bond donors (Lipinski definition) is 1. The fourth-order valence-electron chi connectivity index (χ4n) is 0.812. The lowest BCUT2D eigenvalue weighted by molar-refractivity contribution is 0.0686. The van der Waals surface area contributed by atoms with Crippen molar-refractivity contribution in [1.82, 2.24) is 4.98 Å². The molecule has 1 aromatic rings. The first kappa shape index (κ1) is 10.5. The summed E-state index contributed by atoms with van der Waals surface area (Å²) < 4.78 is 5.87. The van der Waals surface area contributed by atoms with Crippen LogP contribution in [0.2, 0.25) is 0 Å². The molecule has 0 unspecified atom stereocenters. The number of rotatable bonds is 2. The molecular weight excluding hydrogens is 306 g/mol. The molecule has 0 amide bonds. The second kappa shape index (κ2) is 4.06. The second-order valence-electron chi connectivity index (χ2n) is 2.11. The average molecular weight is 311 g/mol. The molecule has 0 spiro atoms. The molecule has 0 fully saturated rings. The minimum absolute atomic E-state index is 0.122. The van der Waals surface area contributed by atoms with Gasteiger partial charge in [-0.3, -0.25) is 0 Å². The van der Waals surface area contributed by atoms with Crippen molar-refractivity contribution in [2.45, 2.75) is 0 Å². The molecule has 0 atom stereocenters. The molecule has 13 heavy (non-hydrogen) atoms. The Bertz CT molecular complexity index is 354. The highest BCUT2D eigenvalue weighted by Gasteiger charge is 2.16. The van der Waals surface area contributed by atoms with E-state index in [0.29, 0.717) is 9.08 Å². The Hall–Kier alpha value is -0.620. The fraction of sp³-hybridized carbons (Fsp3) is 0.143. The summed E-state index contributed by atoms with van der Waals surface area (Å²) >= 11 is 6.25. The summed E-state index contributed by atoms with van der Waals surface area (Å²) in [6.07, 6.45) is 0. The Morgan fingerprint density at radius 2 is 2.23 bits per heavy atom. The van der Waals surface area contributed by atoms with Gasteiger partial charge in [-0.05, 0) is 37.9 Å². The van der Waals surface area contributed by atoms with Crippen LogP contribution in [-0.2, 0) is 0 Å². The highest BCUT2D eigenvalue weighted by atomic mass is 79.9. The molecule has 6 heteroatoms. The quantitative estimate of drug-likeness (QED) is 0.852. The molecule has 1 N–H and O–H groups in total. The Labute approximate surface area is 91.2 Å². The van der Waals surface area contributed by atoms with Crippen molar-refractivity contribution in [3.8, 4) is 5.75 Å². The van der Waals surface area contributed by atoms with Gasteiger partial charge in [0.25, 0.3) is 0 Å². The van der Waals surface area contributed by atoms with E-state index in [1.807, 2.05) is 0 Å². The molecule has 1 aromatic heterocycles. The normalized spacial score (nSPS) is 9.77. The number of halogens is 2. The van der Waals surface area contributed by atoms with Gasteiger partial charge in [0.2, 0.25) is 0 Å². The highest BCUT2D eigenvalue weighted by Crippen LogP contribution is 2.30. The maximum atomic E-state index is 10.7. The smallest absolute Gasteiger partial charge is 0.358 e.